The van der Waals surface area contributed by atoms with E-state index >= 15 is 0 Å². The normalized spacial score (nSPS) is 16.4. The second-order valence-electron chi connectivity index (χ2n) is 4.63. The molecule has 2 amide bonds. The SMILES string of the molecule is CCN1CC(=O)N(Cc2c(Br)c(C)nn2C)CC1=O. The number of piperazine rings is 1. The lowest BCUT2D eigenvalue weighted by atomic mass is 10.2. The highest BCUT2D eigenvalue weighted by Crippen LogP contribution is 2.22. The van der Waals surface area contributed by atoms with Gasteiger partial charge in [-0.05, 0) is 29.8 Å². The van der Waals surface area contributed by atoms with Crippen LogP contribution in [0.2, 0.25) is 0 Å². The average Bonchev–Trinajstić information content (AvgIpc) is 2.60. The van der Waals surface area contributed by atoms with Crippen LogP contribution in [0.25, 0.3) is 0 Å². The molecule has 1 aromatic rings. The Morgan fingerprint density at radius 3 is 2.32 bits per heavy atom. The lowest BCUT2D eigenvalue weighted by Gasteiger charge is -2.33. The third-order valence-electron chi connectivity index (χ3n) is 3.34. The van der Waals surface area contributed by atoms with Gasteiger partial charge in [0.25, 0.3) is 0 Å². The van der Waals surface area contributed by atoms with Crippen molar-refractivity contribution in [3.63, 3.8) is 0 Å². The minimum absolute atomic E-state index is 0.00267. The predicted octanol–water partition coefficient (Wildman–Crippen LogP) is 0.682. The number of nitrogens with zero attached hydrogens (tertiary/aromatic N) is 4. The van der Waals surface area contributed by atoms with Crippen molar-refractivity contribution in [1.29, 1.82) is 0 Å². The van der Waals surface area contributed by atoms with Crippen molar-refractivity contribution in [2.75, 3.05) is 19.6 Å². The average molecular weight is 329 g/mol. The van der Waals surface area contributed by atoms with Gasteiger partial charge in [-0.1, -0.05) is 0 Å². The largest absolute Gasteiger partial charge is 0.332 e. The van der Waals surface area contributed by atoms with Crippen LogP contribution in [0.4, 0.5) is 0 Å². The zero-order valence-electron chi connectivity index (χ0n) is 11.3. The van der Waals surface area contributed by atoms with E-state index in [2.05, 4.69) is 21.0 Å². The Bertz CT molecular complexity index is 526. The van der Waals surface area contributed by atoms with Crippen molar-refractivity contribution in [3.8, 4) is 0 Å². The Hall–Kier alpha value is -1.37. The van der Waals surface area contributed by atoms with E-state index in [1.165, 1.54) is 0 Å². The molecule has 0 radical (unpaired) electrons. The molecule has 0 bridgehead atoms. The highest BCUT2D eigenvalue weighted by Gasteiger charge is 2.30. The van der Waals surface area contributed by atoms with Crippen molar-refractivity contribution in [1.82, 2.24) is 19.6 Å². The number of carbonyl (C=O) groups is 2. The topological polar surface area (TPSA) is 58.4 Å². The number of carbonyl (C=O) groups excluding carboxylic acids is 2. The number of aryl methyl sites for hydroxylation is 2. The van der Waals surface area contributed by atoms with Crippen LogP contribution in [0.15, 0.2) is 4.47 Å². The molecule has 0 aliphatic carbocycles. The summed E-state index contributed by atoms with van der Waals surface area (Å²) in [6.45, 7) is 5.07. The second kappa shape index (κ2) is 5.32. The van der Waals surface area contributed by atoms with Crippen LogP contribution in [0.3, 0.4) is 0 Å². The van der Waals surface area contributed by atoms with E-state index in [-0.39, 0.29) is 24.9 Å². The molecule has 0 unspecified atom stereocenters. The summed E-state index contributed by atoms with van der Waals surface area (Å²) >= 11 is 3.47. The molecule has 19 heavy (non-hydrogen) atoms. The number of rotatable bonds is 3. The van der Waals surface area contributed by atoms with Crippen LogP contribution < -0.4 is 0 Å². The van der Waals surface area contributed by atoms with Gasteiger partial charge in [-0.3, -0.25) is 14.3 Å². The van der Waals surface area contributed by atoms with Gasteiger partial charge >= 0.3 is 0 Å². The van der Waals surface area contributed by atoms with Gasteiger partial charge in [-0.25, -0.2) is 0 Å². The Kier molecular flexibility index (Phi) is 3.93. The van der Waals surface area contributed by atoms with Crippen LogP contribution in [0.5, 0.6) is 0 Å². The Morgan fingerprint density at radius 1 is 1.21 bits per heavy atom. The minimum Gasteiger partial charge on any atom is -0.332 e. The van der Waals surface area contributed by atoms with Crippen molar-refractivity contribution >= 4 is 27.7 Å². The molecule has 7 heteroatoms. The zero-order valence-corrected chi connectivity index (χ0v) is 12.9. The summed E-state index contributed by atoms with van der Waals surface area (Å²) < 4.78 is 2.64. The number of aromatic nitrogens is 2. The second-order valence-corrected chi connectivity index (χ2v) is 5.42. The quantitative estimate of drug-likeness (QED) is 0.820. The van der Waals surface area contributed by atoms with E-state index in [0.29, 0.717) is 13.1 Å². The van der Waals surface area contributed by atoms with E-state index in [9.17, 15) is 9.59 Å². The Morgan fingerprint density at radius 2 is 1.79 bits per heavy atom. The standard InChI is InChI=1S/C12H17BrN4O2/c1-4-16-6-11(19)17(7-10(16)18)5-9-12(13)8(2)14-15(9)3/h4-7H2,1-3H3. The van der Waals surface area contributed by atoms with Crippen LogP contribution in [-0.4, -0.2) is 51.0 Å². The number of amides is 2. The molecular weight excluding hydrogens is 312 g/mol. The first-order chi connectivity index (χ1) is 8.93. The van der Waals surface area contributed by atoms with Crippen LogP contribution in [0.1, 0.15) is 18.3 Å². The molecule has 1 aliphatic heterocycles. The number of likely N-dealkylation sites (N-methyl/N-ethyl adjacent to an activating group) is 1. The monoisotopic (exact) mass is 328 g/mol. The van der Waals surface area contributed by atoms with Crippen molar-refractivity contribution < 1.29 is 9.59 Å². The van der Waals surface area contributed by atoms with Crippen LogP contribution >= 0.6 is 15.9 Å². The van der Waals surface area contributed by atoms with E-state index < -0.39 is 0 Å². The fraction of sp³-hybridized carbons (Fsp3) is 0.583. The molecule has 0 saturated carbocycles. The minimum atomic E-state index is -0.0211. The molecule has 0 aromatic carbocycles. The maximum atomic E-state index is 12.0. The molecule has 0 N–H and O–H groups in total. The fourth-order valence-corrected chi connectivity index (χ4v) is 2.63. The van der Waals surface area contributed by atoms with Gasteiger partial charge in [0.05, 0.1) is 29.0 Å². The zero-order chi connectivity index (χ0) is 14.2. The van der Waals surface area contributed by atoms with Gasteiger partial charge in [0.2, 0.25) is 11.8 Å². The van der Waals surface area contributed by atoms with Crippen molar-refractivity contribution in [3.05, 3.63) is 15.9 Å². The third kappa shape index (κ3) is 2.65. The van der Waals surface area contributed by atoms with Gasteiger partial charge in [-0.2, -0.15) is 5.10 Å². The predicted molar refractivity (Wildman–Crippen MR) is 73.3 cm³/mol. The summed E-state index contributed by atoms with van der Waals surface area (Å²) in [5, 5.41) is 4.29. The fourth-order valence-electron chi connectivity index (χ4n) is 2.17. The van der Waals surface area contributed by atoms with Gasteiger partial charge in [0.15, 0.2) is 0 Å². The van der Waals surface area contributed by atoms with E-state index in [4.69, 9.17) is 0 Å². The van der Waals surface area contributed by atoms with Gasteiger partial charge in [0, 0.05) is 13.6 Å². The molecule has 1 aliphatic rings. The first kappa shape index (κ1) is 14.0. The first-order valence-electron chi connectivity index (χ1n) is 6.17. The summed E-state index contributed by atoms with van der Waals surface area (Å²) in [6, 6.07) is 0. The van der Waals surface area contributed by atoms with Crippen LogP contribution in [0, 0.1) is 6.92 Å². The molecule has 0 spiro atoms. The van der Waals surface area contributed by atoms with Crippen molar-refractivity contribution in [2.24, 2.45) is 7.05 Å². The lowest BCUT2D eigenvalue weighted by molar-refractivity contribution is -0.150. The number of hydrogen-bond donors (Lipinski definition) is 0. The molecule has 1 saturated heterocycles. The molecule has 2 rings (SSSR count). The molecular formula is C12H17BrN4O2. The maximum absolute atomic E-state index is 12.0. The van der Waals surface area contributed by atoms with Gasteiger partial charge < -0.3 is 9.80 Å². The van der Waals surface area contributed by atoms with E-state index in [0.717, 1.165) is 15.9 Å². The molecule has 1 fully saturated rings. The third-order valence-corrected chi connectivity index (χ3v) is 4.37. The lowest BCUT2D eigenvalue weighted by Crippen LogP contribution is -2.53. The highest BCUT2D eigenvalue weighted by molar-refractivity contribution is 9.10. The maximum Gasteiger partial charge on any atom is 0.243 e. The highest BCUT2D eigenvalue weighted by atomic mass is 79.9. The molecule has 104 valence electrons. The van der Waals surface area contributed by atoms with E-state index in [1.807, 2.05) is 20.9 Å². The summed E-state index contributed by atoms with van der Waals surface area (Å²) in [6.07, 6.45) is 0. The molecule has 1 aromatic heterocycles. The molecule has 2 heterocycles. The number of hydrogen-bond acceptors (Lipinski definition) is 3. The van der Waals surface area contributed by atoms with Crippen LogP contribution in [-0.2, 0) is 23.2 Å². The van der Waals surface area contributed by atoms with Gasteiger partial charge in [0.1, 0.15) is 6.54 Å². The molecule has 0 atom stereocenters. The molecule has 6 nitrogen and oxygen atoms in total. The number of halogens is 1. The Balaban J connectivity index is 2.15. The van der Waals surface area contributed by atoms with E-state index in [1.54, 1.807) is 14.5 Å². The first-order valence-corrected chi connectivity index (χ1v) is 6.96. The summed E-state index contributed by atoms with van der Waals surface area (Å²) in [4.78, 5) is 27.0. The summed E-state index contributed by atoms with van der Waals surface area (Å²) in [5.41, 5.74) is 1.78. The Labute approximate surface area is 120 Å². The van der Waals surface area contributed by atoms with Crippen molar-refractivity contribution in [2.45, 2.75) is 20.4 Å². The van der Waals surface area contributed by atoms with Gasteiger partial charge in [-0.15, -0.1) is 0 Å². The smallest absolute Gasteiger partial charge is 0.243 e. The summed E-state index contributed by atoms with van der Waals surface area (Å²) in [5.74, 6) is -0.0238. The summed E-state index contributed by atoms with van der Waals surface area (Å²) in [7, 11) is 1.84.